The number of aliphatic hydroxyl groups is 1. The van der Waals surface area contributed by atoms with E-state index in [0.29, 0.717) is 12.8 Å². The van der Waals surface area contributed by atoms with E-state index in [4.69, 9.17) is 0 Å². The maximum absolute atomic E-state index is 12.0. The summed E-state index contributed by atoms with van der Waals surface area (Å²) in [5, 5.41) is 12.2. The van der Waals surface area contributed by atoms with Gasteiger partial charge >= 0.3 is 0 Å². The Labute approximate surface area is 115 Å². The molecule has 1 aliphatic carbocycles. The number of hydrogen-bond donors (Lipinski definition) is 3. The van der Waals surface area contributed by atoms with Gasteiger partial charge in [0.25, 0.3) is 10.0 Å². The number of thiazole rings is 1. The molecule has 1 heterocycles. The predicted molar refractivity (Wildman–Crippen MR) is 70.4 cm³/mol. The molecular formula is C10H15N3O4S2. The molecule has 1 aliphatic rings. The van der Waals surface area contributed by atoms with E-state index in [1.165, 1.54) is 13.1 Å². The Kier molecular flexibility index (Phi) is 3.65. The van der Waals surface area contributed by atoms with Crippen LogP contribution in [0.4, 0.5) is 5.13 Å². The number of carbonyl (C=O) groups is 1. The van der Waals surface area contributed by atoms with Crippen molar-refractivity contribution >= 4 is 32.4 Å². The largest absolute Gasteiger partial charge is 0.390 e. The first-order chi connectivity index (χ1) is 8.68. The van der Waals surface area contributed by atoms with Gasteiger partial charge in [-0.25, -0.2) is 18.1 Å². The standard InChI is InChI=1S/C10H15N3O4S2/c1-6(14)12-9-11-5-8(18-9)19(16,17)13-7-3-10(2,15)4-7/h5,7,13,15H,3-4H2,1-2H3,(H,11,12,14). The van der Waals surface area contributed by atoms with Crippen LogP contribution >= 0.6 is 11.3 Å². The highest BCUT2D eigenvalue weighted by molar-refractivity contribution is 7.91. The van der Waals surface area contributed by atoms with Gasteiger partial charge < -0.3 is 10.4 Å². The van der Waals surface area contributed by atoms with Crippen LogP contribution in [0, 0.1) is 0 Å². The van der Waals surface area contributed by atoms with E-state index >= 15 is 0 Å². The molecule has 0 spiro atoms. The summed E-state index contributed by atoms with van der Waals surface area (Å²) in [5.74, 6) is -0.304. The topological polar surface area (TPSA) is 108 Å². The number of sulfonamides is 1. The summed E-state index contributed by atoms with van der Waals surface area (Å²) in [6, 6.07) is -0.258. The fourth-order valence-corrected chi connectivity index (χ4v) is 4.28. The van der Waals surface area contributed by atoms with Gasteiger partial charge in [-0.1, -0.05) is 11.3 Å². The van der Waals surface area contributed by atoms with Gasteiger partial charge in [0.15, 0.2) is 9.34 Å². The SMILES string of the molecule is CC(=O)Nc1ncc(S(=O)(=O)NC2CC(C)(O)C2)s1. The van der Waals surface area contributed by atoms with Crippen molar-refractivity contribution in [2.24, 2.45) is 0 Å². The van der Waals surface area contributed by atoms with Crippen molar-refractivity contribution in [2.75, 3.05) is 5.32 Å². The van der Waals surface area contributed by atoms with Crippen LogP contribution in [-0.2, 0) is 14.8 Å². The number of amides is 1. The molecule has 0 radical (unpaired) electrons. The Bertz CT molecular complexity index is 586. The van der Waals surface area contributed by atoms with E-state index in [1.807, 2.05) is 0 Å². The molecule has 1 saturated carbocycles. The Hall–Kier alpha value is -1.03. The molecule has 0 atom stereocenters. The molecule has 1 amide bonds. The first kappa shape index (κ1) is 14.4. The second kappa shape index (κ2) is 4.82. The monoisotopic (exact) mass is 305 g/mol. The third-order valence-electron chi connectivity index (χ3n) is 2.73. The van der Waals surface area contributed by atoms with Crippen molar-refractivity contribution in [1.82, 2.24) is 9.71 Å². The van der Waals surface area contributed by atoms with Crippen molar-refractivity contribution in [3.63, 3.8) is 0 Å². The van der Waals surface area contributed by atoms with Crippen LogP contribution in [0.2, 0.25) is 0 Å². The van der Waals surface area contributed by atoms with E-state index in [1.54, 1.807) is 6.92 Å². The minimum absolute atomic E-state index is 0.0443. The molecule has 106 valence electrons. The minimum atomic E-state index is -3.64. The summed E-state index contributed by atoms with van der Waals surface area (Å²) in [5.41, 5.74) is -0.789. The number of hydrogen-bond acceptors (Lipinski definition) is 6. The van der Waals surface area contributed by atoms with E-state index in [-0.39, 0.29) is 21.3 Å². The summed E-state index contributed by atoms with van der Waals surface area (Å²) in [6.07, 6.45) is 1.99. The highest BCUT2D eigenvalue weighted by Crippen LogP contribution is 2.33. The van der Waals surface area contributed by atoms with Crippen molar-refractivity contribution in [3.8, 4) is 0 Å². The van der Waals surface area contributed by atoms with Crippen LogP contribution < -0.4 is 10.0 Å². The van der Waals surface area contributed by atoms with Crippen molar-refractivity contribution in [3.05, 3.63) is 6.20 Å². The van der Waals surface area contributed by atoms with Crippen LogP contribution in [0.3, 0.4) is 0 Å². The van der Waals surface area contributed by atoms with Crippen molar-refractivity contribution < 1.29 is 18.3 Å². The van der Waals surface area contributed by atoms with Gasteiger partial charge in [-0.3, -0.25) is 4.79 Å². The molecule has 0 unspecified atom stereocenters. The van der Waals surface area contributed by atoms with E-state index in [0.717, 1.165) is 11.3 Å². The van der Waals surface area contributed by atoms with Gasteiger partial charge in [-0.2, -0.15) is 0 Å². The van der Waals surface area contributed by atoms with Gasteiger partial charge in [0.2, 0.25) is 5.91 Å². The molecule has 0 aliphatic heterocycles. The summed E-state index contributed by atoms with van der Waals surface area (Å²) >= 11 is 0.889. The molecule has 1 aromatic heterocycles. The lowest BCUT2D eigenvalue weighted by Crippen LogP contribution is -2.53. The summed E-state index contributed by atoms with van der Waals surface area (Å²) in [4.78, 5) is 14.7. The smallest absolute Gasteiger partial charge is 0.251 e. The lowest BCUT2D eigenvalue weighted by molar-refractivity contribution is -0.114. The molecule has 0 bridgehead atoms. The van der Waals surface area contributed by atoms with E-state index in [2.05, 4.69) is 15.0 Å². The van der Waals surface area contributed by atoms with Crippen LogP contribution in [0.25, 0.3) is 0 Å². The van der Waals surface area contributed by atoms with Gasteiger partial charge in [0.05, 0.1) is 11.8 Å². The van der Waals surface area contributed by atoms with Crippen molar-refractivity contribution in [2.45, 2.75) is 42.5 Å². The van der Waals surface area contributed by atoms with Gasteiger partial charge in [0, 0.05) is 13.0 Å². The highest BCUT2D eigenvalue weighted by atomic mass is 32.2. The van der Waals surface area contributed by atoms with Crippen molar-refractivity contribution in [1.29, 1.82) is 0 Å². The fourth-order valence-electron chi connectivity index (χ4n) is 1.95. The third kappa shape index (κ3) is 3.50. The lowest BCUT2D eigenvalue weighted by atomic mass is 9.78. The number of nitrogens with one attached hydrogen (secondary N) is 2. The maximum Gasteiger partial charge on any atom is 0.251 e. The zero-order valence-electron chi connectivity index (χ0n) is 10.5. The maximum atomic E-state index is 12.0. The fraction of sp³-hybridized carbons (Fsp3) is 0.600. The molecule has 1 fully saturated rings. The second-order valence-corrected chi connectivity index (χ2v) is 7.86. The van der Waals surface area contributed by atoms with E-state index in [9.17, 15) is 18.3 Å². The summed E-state index contributed by atoms with van der Waals surface area (Å²) in [7, 11) is -3.64. The second-order valence-electron chi connectivity index (χ2n) is 4.89. The number of carbonyl (C=O) groups excluding carboxylic acids is 1. The molecule has 0 saturated heterocycles. The number of aromatic nitrogens is 1. The summed E-state index contributed by atoms with van der Waals surface area (Å²) in [6.45, 7) is 2.99. The Morgan fingerprint density at radius 2 is 2.21 bits per heavy atom. The molecule has 9 heteroatoms. The zero-order valence-corrected chi connectivity index (χ0v) is 12.1. The molecule has 0 aromatic carbocycles. The number of anilines is 1. The Morgan fingerprint density at radius 1 is 1.58 bits per heavy atom. The van der Waals surface area contributed by atoms with Crippen LogP contribution in [-0.4, -0.2) is 36.1 Å². The zero-order chi connectivity index (χ0) is 14.3. The average molecular weight is 305 g/mol. The molecule has 19 heavy (non-hydrogen) atoms. The first-order valence-electron chi connectivity index (χ1n) is 5.66. The Morgan fingerprint density at radius 3 is 2.74 bits per heavy atom. The number of nitrogens with zero attached hydrogens (tertiary/aromatic N) is 1. The normalized spacial score (nSPS) is 26.8. The summed E-state index contributed by atoms with van der Waals surface area (Å²) < 4.78 is 26.6. The van der Waals surface area contributed by atoms with Gasteiger partial charge in [-0.05, 0) is 19.8 Å². The van der Waals surface area contributed by atoms with Gasteiger partial charge in [-0.15, -0.1) is 0 Å². The number of rotatable bonds is 4. The molecule has 3 N–H and O–H groups in total. The van der Waals surface area contributed by atoms with Gasteiger partial charge in [0.1, 0.15) is 0 Å². The quantitative estimate of drug-likeness (QED) is 0.741. The molecule has 7 nitrogen and oxygen atoms in total. The Balaban J connectivity index is 2.03. The average Bonchev–Trinajstić information content (AvgIpc) is 2.62. The van der Waals surface area contributed by atoms with Crippen LogP contribution in [0.5, 0.6) is 0 Å². The highest BCUT2D eigenvalue weighted by Gasteiger charge is 2.40. The van der Waals surface area contributed by atoms with Crippen LogP contribution in [0.1, 0.15) is 26.7 Å². The molecule has 2 rings (SSSR count). The molecule has 1 aromatic rings. The molecular weight excluding hydrogens is 290 g/mol. The third-order valence-corrected chi connectivity index (χ3v) is 5.62. The lowest BCUT2D eigenvalue weighted by Gasteiger charge is -2.40. The first-order valence-corrected chi connectivity index (χ1v) is 7.96. The van der Waals surface area contributed by atoms with Crippen LogP contribution in [0.15, 0.2) is 10.4 Å². The van der Waals surface area contributed by atoms with E-state index < -0.39 is 15.6 Å². The minimum Gasteiger partial charge on any atom is -0.390 e. The predicted octanol–water partition coefficient (Wildman–Crippen LogP) is 0.293.